The molecule has 0 aromatic rings. The van der Waals surface area contributed by atoms with Crippen molar-refractivity contribution >= 4 is 49.7 Å². The second-order valence-electron chi connectivity index (χ2n) is 2.78. The van der Waals surface area contributed by atoms with E-state index in [1.165, 1.54) is 0 Å². The standard InChI is InChI=1S/C8H14O4.Ca.2H/c1-2-3-4-6(8(11)12)5-7(9)10;;;/h6H,2-5H2,1H3,(H,9,10)(H,11,12);;;. The van der Waals surface area contributed by atoms with Crippen LogP contribution in [0.25, 0.3) is 0 Å². The van der Waals surface area contributed by atoms with Crippen LogP contribution in [-0.4, -0.2) is 59.9 Å². The van der Waals surface area contributed by atoms with Gasteiger partial charge in [-0.05, 0) is 6.42 Å². The maximum atomic E-state index is 10.5. The molecule has 0 spiro atoms. The van der Waals surface area contributed by atoms with Crippen LogP contribution in [0, 0.1) is 5.92 Å². The first kappa shape index (κ1) is 15.7. The van der Waals surface area contributed by atoms with Gasteiger partial charge in [-0.25, -0.2) is 0 Å². The molecular weight excluding hydrogens is 200 g/mol. The fraction of sp³-hybridized carbons (Fsp3) is 0.750. The average Bonchev–Trinajstić information content (AvgIpc) is 1.96. The zero-order chi connectivity index (χ0) is 9.56. The quantitative estimate of drug-likeness (QED) is 0.632. The number of carboxylic acid groups (broad SMARTS) is 2. The van der Waals surface area contributed by atoms with Gasteiger partial charge in [-0.15, -0.1) is 0 Å². The van der Waals surface area contributed by atoms with Crippen molar-refractivity contribution in [2.45, 2.75) is 32.6 Å². The molecule has 0 aliphatic rings. The number of hydrogen-bond acceptors (Lipinski definition) is 2. The summed E-state index contributed by atoms with van der Waals surface area (Å²) in [6, 6.07) is 0. The molecule has 0 heterocycles. The number of aliphatic carboxylic acids is 2. The minimum atomic E-state index is -1.04. The Balaban J connectivity index is 0. The van der Waals surface area contributed by atoms with E-state index in [9.17, 15) is 9.59 Å². The second-order valence-corrected chi connectivity index (χ2v) is 2.78. The third-order valence-electron chi connectivity index (χ3n) is 1.68. The summed E-state index contributed by atoms with van der Waals surface area (Å²) >= 11 is 0. The monoisotopic (exact) mass is 216 g/mol. The third kappa shape index (κ3) is 8.53. The van der Waals surface area contributed by atoms with E-state index in [1.807, 2.05) is 6.92 Å². The van der Waals surface area contributed by atoms with Crippen molar-refractivity contribution in [2.75, 3.05) is 0 Å². The topological polar surface area (TPSA) is 74.6 Å². The van der Waals surface area contributed by atoms with Crippen molar-refractivity contribution in [3.05, 3.63) is 0 Å². The molecule has 0 rings (SSSR count). The van der Waals surface area contributed by atoms with Crippen LogP contribution in [-0.2, 0) is 9.59 Å². The Morgan fingerprint density at radius 2 is 1.85 bits per heavy atom. The molecule has 4 nitrogen and oxygen atoms in total. The SMILES string of the molecule is CCCCC(CC(=O)O)C(=O)O.[CaH2]. The van der Waals surface area contributed by atoms with E-state index in [1.54, 1.807) is 0 Å². The van der Waals surface area contributed by atoms with Gasteiger partial charge in [0.1, 0.15) is 0 Å². The van der Waals surface area contributed by atoms with Gasteiger partial charge in [0.15, 0.2) is 0 Å². The van der Waals surface area contributed by atoms with E-state index in [0.29, 0.717) is 6.42 Å². The molecule has 0 aromatic heterocycles. The van der Waals surface area contributed by atoms with Crippen molar-refractivity contribution in [2.24, 2.45) is 5.92 Å². The molecule has 1 unspecified atom stereocenters. The first-order valence-electron chi connectivity index (χ1n) is 4.02. The number of rotatable bonds is 6. The van der Waals surface area contributed by atoms with Gasteiger partial charge < -0.3 is 10.2 Å². The summed E-state index contributed by atoms with van der Waals surface area (Å²) in [6.45, 7) is 1.94. The second kappa shape index (κ2) is 8.78. The number of hydrogen-bond donors (Lipinski definition) is 2. The Morgan fingerprint density at radius 1 is 1.31 bits per heavy atom. The van der Waals surface area contributed by atoms with Crippen molar-refractivity contribution < 1.29 is 19.8 Å². The fourth-order valence-electron chi connectivity index (χ4n) is 0.974. The van der Waals surface area contributed by atoms with Crippen LogP contribution in [0.3, 0.4) is 0 Å². The van der Waals surface area contributed by atoms with Gasteiger partial charge in [-0.2, -0.15) is 0 Å². The van der Waals surface area contributed by atoms with E-state index in [2.05, 4.69) is 0 Å². The van der Waals surface area contributed by atoms with Crippen LogP contribution in [0.1, 0.15) is 32.6 Å². The van der Waals surface area contributed by atoms with Crippen molar-refractivity contribution in [3.63, 3.8) is 0 Å². The minimum absolute atomic E-state index is 0. The summed E-state index contributed by atoms with van der Waals surface area (Å²) in [4.78, 5) is 20.7. The Bertz CT molecular complexity index is 170. The summed E-state index contributed by atoms with van der Waals surface area (Å²) in [5.41, 5.74) is 0. The van der Waals surface area contributed by atoms with Crippen LogP contribution in [0.15, 0.2) is 0 Å². The van der Waals surface area contributed by atoms with Crippen molar-refractivity contribution in [1.29, 1.82) is 0 Å². The Hall–Kier alpha value is 0.200. The third-order valence-corrected chi connectivity index (χ3v) is 1.68. The molecule has 2 N–H and O–H groups in total. The van der Waals surface area contributed by atoms with Gasteiger partial charge in [0.2, 0.25) is 0 Å². The van der Waals surface area contributed by atoms with E-state index >= 15 is 0 Å². The molecule has 0 aromatic carbocycles. The van der Waals surface area contributed by atoms with Crippen molar-refractivity contribution in [3.8, 4) is 0 Å². The maximum absolute atomic E-state index is 10.5. The van der Waals surface area contributed by atoms with Crippen LogP contribution in [0.5, 0.6) is 0 Å². The molecule has 0 aliphatic carbocycles. The van der Waals surface area contributed by atoms with Gasteiger partial charge in [-0.3, -0.25) is 9.59 Å². The molecule has 0 saturated heterocycles. The van der Waals surface area contributed by atoms with Crippen molar-refractivity contribution in [1.82, 2.24) is 0 Å². The molecule has 0 amide bonds. The zero-order valence-electron chi connectivity index (χ0n) is 7.12. The molecule has 0 fully saturated rings. The first-order chi connectivity index (χ1) is 5.57. The van der Waals surface area contributed by atoms with Gasteiger partial charge in [-0.1, -0.05) is 19.8 Å². The van der Waals surface area contributed by atoms with Gasteiger partial charge >= 0.3 is 49.7 Å². The number of unbranched alkanes of at least 4 members (excludes halogenated alkanes) is 1. The van der Waals surface area contributed by atoms with E-state index < -0.39 is 17.9 Å². The van der Waals surface area contributed by atoms with Crippen LogP contribution in [0.2, 0.25) is 0 Å². The zero-order valence-corrected chi connectivity index (χ0v) is 7.12. The summed E-state index contributed by atoms with van der Waals surface area (Å²) in [5, 5.41) is 17.0. The Morgan fingerprint density at radius 3 is 2.15 bits per heavy atom. The Kier molecular flexibility index (Phi) is 10.6. The van der Waals surface area contributed by atoms with Gasteiger partial charge in [0.05, 0.1) is 12.3 Å². The summed E-state index contributed by atoms with van der Waals surface area (Å²) in [6.07, 6.45) is 1.85. The molecule has 1 atom stereocenters. The van der Waals surface area contributed by atoms with Crippen LogP contribution in [0.4, 0.5) is 0 Å². The molecule has 5 heteroatoms. The summed E-state index contributed by atoms with van der Waals surface area (Å²) in [7, 11) is 0. The molecule has 0 bridgehead atoms. The summed E-state index contributed by atoms with van der Waals surface area (Å²) < 4.78 is 0. The fourth-order valence-corrected chi connectivity index (χ4v) is 0.974. The van der Waals surface area contributed by atoms with Crippen LogP contribution >= 0.6 is 0 Å². The predicted octanol–water partition coefficient (Wildman–Crippen LogP) is 0.436. The number of carbonyl (C=O) groups is 2. The molecule has 0 aliphatic heterocycles. The Labute approximate surface area is 107 Å². The predicted molar refractivity (Wildman–Crippen MR) is 51.4 cm³/mol. The van der Waals surface area contributed by atoms with Gasteiger partial charge in [0, 0.05) is 0 Å². The molecule has 13 heavy (non-hydrogen) atoms. The molecule has 74 valence electrons. The van der Waals surface area contributed by atoms with E-state index in [4.69, 9.17) is 10.2 Å². The van der Waals surface area contributed by atoms with E-state index in [0.717, 1.165) is 12.8 Å². The molecule has 0 radical (unpaired) electrons. The number of carboxylic acids is 2. The first-order valence-corrected chi connectivity index (χ1v) is 4.02. The average molecular weight is 216 g/mol. The normalized spacial score (nSPS) is 11.5. The summed E-state index contributed by atoms with van der Waals surface area (Å²) in [5.74, 6) is -2.77. The molecular formula is C8H16CaO4. The van der Waals surface area contributed by atoms with Crippen LogP contribution < -0.4 is 0 Å². The molecule has 0 saturated carbocycles. The van der Waals surface area contributed by atoms with E-state index in [-0.39, 0.29) is 44.2 Å². The van der Waals surface area contributed by atoms with Gasteiger partial charge in [0.25, 0.3) is 0 Å².